The molecule has 0 bridgehead atoms. The van der Waals surface area contributed by atoms with Crippen molar-refractivity contribution in [3.63, 3.8) is 0 Å². The van der Waals surface area contributed by atoms with Crippen LogP contribution in [-0.2, 0) is 14.8 Å². The van der Waals surface area contributed by atoms with E-state index in [4.69, 9.17) is 33.1 Å². The zero-order valence-electron chi connectivity index (χ0n) is 17.2. The number of halogens is 2. The molecule has 11 heteroatoms. The van der Waals surface area contributed by atoms with Gasteiger partial charge in [0.05, 0.1) is 16.1 Å². The van der Waals surface area contributed by atoms with E-state index in [1.807, 2.05) is 24.5 Å². The van der Waals surface area contributed by atoms with Crippen LogP contribution < -0.4 is 15.3 Å². The minimum Gasteiger partial charge on any atom is -0.482 e. The van der Waals surface area contributed by atoms with Crippen LogP contribution in [0.5, 0.6) is 5.75 Å². The number of nitrogens with zero attached hydrogens (tertiary/aromatic N) is 2. The Bertz CT molecular complexity index is 1290. The van der Waals surface area contributed by atoms with Crippen molar-refractivity contribution in [2.75, 3.05) is 6.61 Å². The summed E-state index contributed by atoms with van der Waals surface area (Å²) in [5.41, 5.74) is 5.70. The number of nitrogens with one attached hydrogen (secondary N) is 1. The van der Waals surface area contributed by atoms with Gasteiger partial charge in [-0.3, -0.25) is 4.79 Å². The predicted molar refractivity (Wildman–Crippen MR) is 124 cm³/mol. The molecule has 1 aromatic heterocycles. The topological polar surface area (TPSA) is 116 Å². The van der Waals surface area contributed by atoms with Crippen LogP contribution in [0.25, 0.3) is 5.69 Å². The van der Waals surface area contributed by atoms with Gasteiger partial charge in [0.2, 0.25) is 10.0 Å². The molecule has 0 fully saturated rings. The number of hydrogen-bond acceptors (Lipinski definition) is 5. The summed E-state index contributed by atoms with van der Waals surface area (Å²) >= 11 is 11.8. The molecule has 3 rings (SSSR count). The Morgan fingerprint density at radius 3 is 2.47 bits per heavy atom. The van der Waals surface area contributed by atoms with Crippen molar-refractivity contribution in [1.82, 2.24) is 9.99 Å². The number of ether oxygens (including phenoxy) is 1. The lowest BCUT2D eigenvalue weighted by Crippen LogP contribution is -2.24. The summed E-state index contributed by atoms with van der Waals surface area (Å²) in [4.78, 5) is 12.0. The van der Waals surface area contributed by atoms with Crippen LogP contribution in [0.2, 0.25) is 10.0 Å². The molecule has 0 unspecified atom stereocenters. The first-order valence-corrected chi connectivity index (χ1v) is 11.6. The molecular weight excluding hydrogens is 475 g/mol. The molecule has 168 valence electrons. The molecule has 3 aromatic rings. The number of carbonyl (C=O) groups is 1. The average molecular weight is 495 g/mol. The molecule has 0 radical (unpaired) electrons. The normalized spacial score (nSPS) is 11.7. The quantitative estimate of drug-likeness (QED) is 0.385. The number of primary sulfonamides is 1. The highest BCUT2D eigenvalue weighted by Crippen LogP contribution is 2.27. The van der Waals surface area contributed by atoms with Gasteiger partial charge in [-0.05, 0) is 62.4 Å². The number of hydrogen-bond donors (Lipinski definition) is 2. The van der Waals surface area contributed by atoms with Crippen molar-refractivity contribution < 1.29 is 17.9 Å². The fourth-order valence-corrected chi connectivity index (χ4v) is 4.02. The standard InChI is InChI=1S/C21H20Cl2N4O4S/c1-13-9-15(14(2)27(13)17-4-6-18(7-5-17)32(24,29)30)11-25-26-21(28)12-31-20-8-3-16(22)10-19(20)23/h3-11H,12H2,1-2H3,(H,26,28)(H2,24,29,30). The highest BCUT2D eigenvalue weighted by molar-refractivity contribution is 7.89. The number of rotatable bonds is 7. The van der Waals surface area contributed by atoms with Gasteiger partial charge in [-0.15, -0.1) is 0 Å². The molecule has 0 saturated carbocycles. The SMILES string of the molecule is Cc1cc(C=NNC(=O)COc2ccc(Cl)cc2Cl)c(C)n1-c1ccc(S(N)(=O)=O)cc1. The summed E-state index contributed by atoms with van der Waals surface area (Å²) in [6.45, 7) is 3.52. The molecular formula is C21H20Cl2N4O4S. The van der Waals surface area contributed by atoms with E-state index in [1.165, 1.54) is 24.4 Å². The summed E-state index contributed by atoms with van der Waals surface area (Å²) in [6, 6.07) is 12.8. The fourth-order valence-electron chi connectivity index (χ4n) is 3.04. The maximum Gasteiger partial charge on any atom is 0.277 e. The summed E-state index contributed by atoms with van der Waals surface area (Å²) in [6.07, 6.45) is 1.52. The first-order chi connectivity index (χ1) is 15.1. The molecule has 0 aliphatic rings. The Morgan fingerprint density at radius 1 is 1.16 bits per heavy atom. The van der Waals surface area contributed by atoms with Gasteiger partial charge in [0.15, 0.2) is 6.61 Å². The summed E-state index contributed by atoms with van der Waals surface area (Å²) < 4.78 is 30.2. The summed E-state index contributed by atoms with van der Waals surface area (Å²) in [7, 11) is -3.76. The molecule has 32 heavy (non-hydrogen) atoms. The maximum absolute atomic E-state index is 12.0. The van der Waals surface area contributed by atoms with Gasteiger partial charge in [0.25, 0.3) is 5.91 Å². The van der Waals surface area contributed by atoms with Crippen molar-refractivity contribution in [2.24, 2.45) is 10.2 Å². The fraction of sp³-hybridized carbons (Fsp3) is 0.143. The van der Waals surface area contributed by atoms with Gasteiger partial charge in [0.1, 0.15) is 5.75 Å². The monoisotopic (exact) mass is 494 g/mol. The van der Waals surface area contributed by atoms with Gasteiger partial charge >= 0.3 is 0 Å². The zero-order valence-corrected chi connectivity index (χ0v) is 19.5. The molecule has 0 aliphatic heterocycles. The lowest BCUT2D eigenvalue weighted by Gasteiger charge is -2.10. The lowest BCUT2D eigenvalue weighted by atomic mass is 10.2. The number of amides is 1. The molecule has 1 heterocycles. The minimum atomic E-state index is -3.76. The lowest BCUT2D eigenvalue weighted by molar-refractivity contribution is -0.123. The first-order valence-electron chi connectivity index (χ1n) is 9.28. The number of benzene rings is 2. The second-order valence-corrected chi connectivity index (χ2v) is 9.26. The van der Waals surface area contributed by atoms with Crippen LogP contribution in [0.4, 0.5) is 0 Å². The van der Waals surface area contributed by atoms with Gasteiger partial charge in [-0.2, -0.15) is 5.10 Å². The number of aryl methyl sites for hydroxylation is 1. The molecule has 1 amide bonds. The highest BCUT2D eigenvalue weighted by Gasteiger charge is 2.12. The van der Waals surface area contributed by atoms with Gasteiger partial charge in [-0.1, -0.05) is 23.2 Å². The Balaban J connectivity index is 1.66. The third kappa shape index (κ3) is 5.68. The molecule has 2 aromatic carbocycles. The third-order valence-electron chi connectivity index (χ3n) is 4.54. The summed E-state index contributed by atoms with van der Waals surface area (Å²) in [5.74, 6) is -0.119. The number of aromatic nitrogens is 1. The largest absolute Gasteiger partial charge is 0.482 e. The highest BCUT2D eigenvalue weighted by atomic mass is 35.5. The Labute approximate surface area is 195 Å². The first kappa shape index (κ1) is 23.8. The van der Waals surface area contributed by atoms with Gasteiger partial charge in [-0.25, -0.2) is 19.0 Å². The Hall–Kier alpha value is -2.85. The summed E-state index contributed by atoms with van der Waals surface area (Å²) in [5, 5.41) is 9.90. The van der Waals surface area contributed by atoms with Crippen LogP contribution in [0.3, 0.4) is 0 Å². The number of carbonyl (C=O) groups excluding carboxylic acids is 1. The van der Waals surface area contributed by atoms with E-state index in [-0.39, 0.29) is 11.5 Å². The van der Waals surface area contributed by atoms with E-state index in [0.717, 1.165) is 22.6 Å². The molecule has 0 atom stereocenters. The van der Waals surface area contributed by atoms with Crippen LogP contribution in [0.1, 0.15) is 17.0 Å². The number of hydrazone groups is 1. The smallest absolute Gasteiger partial charge is 0.277 e. The van der Waals surface area contributed by atoms with Gasteiger partial charge < -0.3 is 9.30 Å². The molecule has 8 nitrogen and oxygen atoms in total. The van der Waals surface area contributed by atoms with E-state index in [1.54, 1.807) is 24.3 Å². The van der Waals surface area contributed by atoms with E-state index in [0.29, 0.717) is 15.8 Å². The van der Waals surface area contributed by atoms with Crippen LogP contribution >= 0.6 is 23.2 Å². The molecule has 0 spiro atoms. The van der Waals surface area contributed by atoms with E-state index >= 15 is 0 Å². The van der Waals surface area contributed by atoms with Crippen LogP contribution in [0, 0.1) is 13.8 Å². The third-order valence-corrected chi connectivity index (χ3v) is 6.00. The van der Waals surface area contributed by atoms with Gasteiger partial charge in [0, 0.05) is 27.7 Å². The minimum absolute atomic E-state index is 0.0373. The maximum atomic E-state index is 12.0. The van der Waals surface area contributed by atoms with E-state index < -0.39 is 15.9 Å². The number of nitrogens with two attached hydrogens (primary N) is 1. The van der Waals surface area contributed by atoms with Crippen molar-refractivity contribution in [2.45, 2.75) is 18.7 Å². The second-order valence-electron chi connectivity index (χ2n) is 6.86. The van der Waals surface area contributed by atoms with Crippen LogP contribution in [0.15, 0.2) is 58.5 Å². The second kappa shape index (κ2) is 9.74. The van der Waals surface area contributed by atoms with Crippen LogP contribution in [-0.4, -0.2) is 31.7 Å². The predicted octanol–water partition coefficient (Wildman–Crippen LogP) is 3.58. The Morgan fingerprint density at radius 2 is 1.84 bits per heavy atom. The Kier molecular flexibility index (Phi) is 7.25. The van der Waals surface area contributed by atoms with Crippen molar-refractivity contribution >= 4 is 45.3 Å². The molecule has 3 N–H and O–H groups in total. The zero-order chi connectivity index (χ0) is 23.5. The van der Waals surface area contributed by atoms with E-state index in [9.17, 15) is 13.2 Å². The molecule has 0 saturated heterocycles. The molecule has 0 aliphatic carbocycles. The number of sulfonamides is 1. The van der Waals surface area contributed by atoms with Crippen molar-refractivity contribution in [1.29, 1.82) is 0 Å². The van der Waals surface area contributed by atoms with E-state index in [2.05, 4.69) is 10.5 Å². The van der Waals surface area contributed by atoms with Crippen molar-refractivity contribution in [3.05, 3.63) is 75.5 Å². The van der Waals surface area contributed by atoms with Crippen molar-refractivity contribution in [3.8, 4) is 11.4 Å². The average Bonchev–Trinajstić information content (AvgIpc) is 3.00.